The molecule has 1 amide bonds. The number of benzene rings is 1. The van der Waals surface area contributed by atoms with Crippen LogP contribution in [-0.2, 0) is 11.3 Å². The minimum Gasteiger partial charge on any atom is -0.455 e. The predicted molar refractivity (Wildman–Crippen MR) is 93.0 cm³/mol. The van der Waals surface area contributed by atoms with E-state index in [-0.39, 0.29) is 29.6 Å². The van der Waals surface area contributed by atoms with Gasteiger partial charge >= 0.3 is 0 Å². The minimum atomic E-state index is -0.552. The smallest absolute Gasteiger partial charge is 0.275 e. The van der Waals surface area contributed by atoms with Crippen LogP contribution in [0.2, 0.25) is 0 Å². The molecule has 0 bridgehead atoms. The number of ether oxygens (including phenoxy) is 1. The number of amides is 1. The quantitative estimate of drug-likeness (QED) is 0.538. The minimum absolute atomic E-state index is 0.000318. The lowest BCUT2D eigenvalue weighted by Gasteiger charge is -2.10. The molecular formula is C17H15N5O4. The first-order valence-electron chi connectivity index (χ1n) is 7.67. The Balaban J connectivity index is 1.80. The van der Waals surface area contributed by atoms with E-state index in [4.69, 9.17) is 4.74 Å². The first kappa shape index (κ1) is 17.1. The highest BCUT2D eigenvalue weighted by molar-refractivity contribution is 5.91. The van der Waals surface area contributed by atoms with Crippen molar-refractivity contribution in [2.45, 2.75) is 13.5 Å². The molecule has 0 aliphatic rings. The van der Waals surface area contributed by atoms with Gasteiger partial charge in [0.1, 0.15) is 18.0 Å². The second-order valence-corrected chi connectivity index (χ2v) is 5.44. The molecule has 26 heavy (non-hydrogen) atoms. The number of anilines is 1. The van der Waals surface area contributed by atoms with Crippen LogP contribution in [0, 0.1) is 17.0 Å². The number of non-ortho nitro benzene ring substituents is 1. The van der Waals surface area contributed by atoms with Crippen LogP contribution in [-0.4, -0.2) is 25.6 Å². The van der Waals surface area contributed by atoms with Crippen LogP contribution in [0.1, 0.15) is 5.69 Å². The van der Waals surface area contributed by atoms with Gasteiger partial charge in [-0.3, -0.25) is 24.6 Å². The second kappa shape index (κ2) is 7.43. The number of carbonyl (C=O) groups excluding carboxylic acids is 1. The number of hydrogen-bond acceptors (Lipinski definition) is 6. The van der Waals surface area contributed by atoms with Crippen LogP contribution in [0.5, 0.6) is 11.5 Å². The Morgan fingerprint density at radius 3 is 2.77 bits per heavy atom. The molecule has 3 rings (SSSR count). The molecular weight excluding hydrogens is 338 g/mol. The van der Waals surface area contributed by atoms with Gasteiger partial charge in [0.05, 0.1) is 22.9 Å². The van der Waals surface area contributed by atoms with Gasteiger partial charge in [0.25, 0.3) is 5.69 Å². The third kappa shape index (κ3) is 4.20. The van der Waals surface area contributed by atoms with E-state index in [2.05, 4.69) is 15.4 Å². The van der Waals surface area contributed by atoms with E-state index in [1.54, 1.807) is 30.6 Å². The molecule has 0 saturated heterocycles. The van der Waals surface area contributed by atoms with Crippen molar-refractivity contribution in [2.24, 2.45) is 0 Å². The topological polar surface area (TPSA) is 112 Å². The van der Waals surface area contributed by atoms with Gasteiger partial charge in [-0.2, -0.15) is 5.10 Å². The Morgan fingerprint density at radius 1 is 1.27 bits per heavy atom. The van der Waals surface area contributed by atoms with Crippen molar-refractivity contribution < 1.29 is 14.5 Å². The molecule has 2 aromatic heterocycles. The highest BCUT2D eigenvalue weighted by Crippen LogP contribution is 2.29. The first-order chi connectivity index (χ1) is 12.5. The zero-order chi connectivity index (χ0) is 18.5. The standard InChI is InChI=1S/C17H15N5O4/c1-12-4-6-19-21(12)11-17(23)20-13-7-14(22(24)25)9-16(8-13)26-15-3-2-5-18-10-15/h2-10H,11H2,1H3,(H,20,23). The summed E-state index contributed by atoms with van der Waals surface area (Å²) in [7, 11) is 0. The number of aromatic nitrogens is 3. The average molecular weight is 353 g/mol. The number of carbonyl (C=O) groups is 1. The van der Waals surface area contributed by atoms with Crippen LogP contribution in [0.25, 0.3) is 0 Å². The van der Waals surface area contributed by atoms with Crippen molar-refractivity contribution in [3.8, 4) is 11.5 Å². The molecule has 1 N–H and O–H groups in total. The molecule has 3 aromatic rings. The van der Waals surface area contributed by atoms with Gasteiger partial charge in [-0.15, -0.1) is 0 Å². The molecule has 132 valence electrons. The highest BCUT2D eigenvalue weighted by Gasteiger charge is 2.14. The second-order valence-electron chi connectivity index (χ2n) is 5.44. The average Bonchev–Trinajstić information content (AvgIpc) is 3.00. The molecule has 0 spiro atoms. The van der Waals surface area contributed by atoms with E-state index in [1.165, 1.54) is 29.1 Å². The molecule has 9 heteroatoms. The normalized spacial score (nSPS) is 10.3. The van der Waals surface area contributed by atoms with Crippen molar-refractivity contribution in [3.05, 3.63) is 70.8 Å². The molecule has 9 nitrogen and oxygen atoms in total. The van der Waals surface area contributed by atoms with Gasteiger partial charge in [-0.25, -0.2) is 0 Å². The van der Waals surface area contributed by atoms with Crippen molar-refractivity contribution in [1.82, 2.24) is 14.8 Å². The summed E-state index contributed by atoms with van der Waals surface area (Å²) in [5.41, 5.74) is 0.893. The maximum atomic E-state index is 12.2. The maximum absolute atomic E-state index is 12.2. The van der Waals surface area contributed by atoms with Crippen molar-refractivity contribution in [3.63, 3.8) is 0 Å². The monoisotopic (exact) mass is 353 g/mol. The van der Waals surface area contributed by atoms with E-state index in [0.717, 1.165) is 5.69 Å². The largest absolute Gasteiger partial charge is 0.455 e. The Kier molecular flexibility index (Phi) is 4.88. The summed E-state index contributed by atoms with van der Waals surface area (Å²) in [6, 6.07) is 9.19. The van der Waals surface area contributed by atoms with Crippen LogP contribution >= 0.6 is 0 Å². The van der Waals surface area contributed by atoms with Gasteiger partial charge in [0.15, 0.2) is 0 Å². The van der Waals surface area contributed by atoms with Crippen LogP contribution in [0.3, 0.4) is 0 Å². The number of nitrogens with one attached hydrogen (secondary N) is 1. The molecule has 0 saturated carbocycles. The van der Waals surface area contributed by atoms with E-state index in [9.17, 15) is 14.9 Å². The fourth-order valence-corrected chi connectivity index (χ4v) is 2.26. The number of nitro benzene ring substituents is 1. The highest BCUT2D eigenvalue weighted by atomic mass is 16.6. The van der Waals surface area contributed by atoms with Crippen LogP contribution in [0.15, 0.2) is 55.0 Å². The Bertz CT molecular complexity index is 939. The lowest BCUT2D eigenvalue weighted by molar-refractivity contribution is -0.384. The zero-order valence-corrected chi connectivity index (χ0v) is 13.8. The summed E-state index contributed by atoms with van der Waals surface area (Å²) in [5.74, 6) is 0.292. The van der Waals surface area contributed by atoms with Gasteiger partial charge in [0, 0.05) is 30.2 Å². The maximum Gasteiger partial charge on any atom is 0.275 e. The summed E-state index contributed by atoms with van der Waals surface area (Å²) < 4.78 is 7.11. The molecule has 0 aliphatic carbocycles. The van der Waals surface area contributed by atoms with Crippen molar-refractivity contribution in [1.29, 1.82) is 0 Å². The van der Waals surface area contributed by atoms with Gasteiger partial charge in [-0.1, -0.05) is 0 Å². The molecule has 0 unspecified atom stereocenters. The number of aryl methyl sites for hydroxylation is 1. The number of nitro groups is 1. The molecule has 1 aromatic carbocycles. The fourth-order valence-electron chi connectivity index (χ4n) is 2.26. The third-order valence-corrected chi connectivity index (χ3v) is 3.48. The first-order valence-corrected chi connectivity index (χ1v) is 7.67. The zero-order valence-electron chi connectivity index (χ0n) is 13.8. The Morgan fingerprint density at radius 2 is 2.12 bits per heavy atom. The van der Waals surface area contributed by atoms with Crippen LogP contribution in [0.4, 0.5) is 11.4 Å². The number of pyridine rings is 1. The SMILES string of the molecule is Cc1ccnn1CC(=O)Nc1cc(Oc2cccnc2)cc([N+](=O)[O-])c1. The summed E-state index contributed by atoms with van der Waals surface area (Å²) in [6.45, 7) is 1.83. The van der Waals surface area contributed by atoms with Gasteiger partial charge < -0.3 is 10.1 Å². The van der Waals surface area contributed by atoms with Gasteiger partial charge in [0.2, 0.25) is 5.91 Å². The van der Waals surface area contributed by atoms with Crippen molar-refractivity contribution >= 4 is 17.3 Å². The molecule has 0 radical (unpaired) electrons. The summed E-state index contributed by atoms with van der Waals surface area (Å²) in [5, 5.41) is 17.8. The van der Waals surface area contributed by atoms with E-state index in [1.807, 2.05) is 6.92 Å². The third-order valence-electron chi connectivity index (χ3n) is 3.48. The Hall–Kier alpha value is -3.75. The fraction of sp³-hybridized carbons (Fsp3) is 0.118. The molecule has 0 atom stereocenters. The summed E-state index contributed by atoms with van der Waals surface area (Å²) in [6.07, 6.45) is 4.66. The molecule has 0 fully saturated rings. The molecule has 0 aliphatic heterocycles. The van der Waals surface area contributed by atoms with Crippen molar-refractivity contribution in [2.75, 3.05) is 5.32 Å². The van der Waals surface area contributed by atoms with Crippen LogP contribution < -0.4 is 10.1 Å². The Labute approximate surface area is 148 Å². The lowest BCUT2D eigenvalue weighted by atomic mass is 10.2. The van der Waals surface area contributed by atoms with E-state index in [0.29, 0.717) is 5.75 Å². The number of nitrogens with zero attached hydrogens (tertiary/aromatic N) is 4. The van der Waals surface area contributed by atoms with E-state index >= 15 is 0 Å². The molecule has 2 heterocycles. The number of rotatable bonds is 6. The predicted octanol–water partition coefficient (Wildman–Crippen LogP) is 2.93. The number of hydrogen-bond donors (Lipinski definition) is 1. The summed E-state index contributed by atoms with van der Waals surface area (Å²) >= 11 is 0. The summed E-state index contributed by atoms with van der Waals surface area (Å²) in [4.78, 5) is 26.7. The lowest BCUT2D eigenvalue weighted by Crippen LogP contribution is -2.20. The van der Waals surface area contributed by atoms with Gasteiger partial charge in [-0.05, 0) is 25.1 Å². The van der Waals surface area contributed by atoms with E-state index < -0.39 is 4.92 Å².